The van der Waals surface area contributed by atoms with E-state index >= 15 is 0 Å². The van der Waals surface area contributed by atoms with Gasteiger partial charge in [0.2, 0.25) is 10.0 Å². The number of carbonyl (C=O) groups excluding carboxylic acids is 1. The lowest BCUT2D eigenvalue weighted by Crippen LogP contribution is -2.30. The molecule has 0 aliphatic heterocycles. The highest BCUT2D eigenvalue weighted by Gasteiger charge is 2.34. The molecule has 1 aromatic carbocycles. The Kier molecular flexibility index (Phi) is 4.39. The van der Waals surface area contributed by atoms with Gasteiger partial charge in [-0.1, -0.05) is 19.9 Å². The van der Waals surface area contributed by atoms with Crippen LogP contribution in [-0.4, -0.2) is 32.8 Å². The lowest BCUT2D eigenvalue weighted by Gasteiger charge is -2.19. The van der Waals surface area contributed by atoms with Crippen molar-refractivity contribution in [1.29, 1.82) is 0 Å². The van der Waals surface area contributed by atoms with Crippen LogP contribution in [0.2, 0.25) is 0 Å². The summed E-state index contributed by atoms with van der Waals surface area (Å²) < 4.78 is 22.9. The molecule has 0 aromatic heterocycles. The van der Waals surface area contributed by atoms with Crippen molar-refractivity contribution in [3.05, 3.63) is 29.3 Å². The first kappa shape index (κ1) is 16.0. The SMILES string of the molecule is CCc1ccc(S(N)(=O)=O)cc1C(=O)N(C)CC1CC1C. The van der Waals surface area contributed by atoms with Crippen molar-refractivity contribution in [3.8, 4) is 0 Å². The van der Waals surface area contributed by atoms with Crippen LogP contribution in [0, 0.1) is 11.8 Å². The van der Waals surface area contributed by atoms with E-state index in [1.165, 1.54) is 12.1 Å². The fourth-order valence-electron chi connectivity index (χ4n) is 2.53. The summed E-state index contributed by atoms with van der Waals surface area (Å²) in [6.07, 6.45) is 1.81. The highest BCUT2D eigenvalue weighted by atomic mass is 32.2. The smallest absolute Gasteiger partial charge is 0.253 e. The number of sulfonamides is 1. The molecule has 1 amide bonds. The maximum Gasteiger partial charge on any atom is 0.253 e. The summed E-state index contributed by atoms with van der Waals surface area (Å²) in [5.74, 6) is 1.09. The van der Waals surface area contributed by atoms with Crippen LogP contribution in [0.1, 0.15) is 36.2 Å². The van der Waals surface area contributed by atoms with Gasteiger partial charge in [0, 0.05) is 19.2 Å². The number of hydrogen-bond acceptors (Lipinski definition) is 3. The van der Waals surface area contributed by atoms with Gasteiger partial charge in [-0.25, -0.2) is 13.6 Å². The van der Waals surface area contributed by atoms with Gasteiger partial charge in [0.15, 0.2) is 0 Å². The molecule has 0 radical (unpaired) electrons. The van der Waals surface area contributed by atoms with Crippen LogP contribution in [0.25, 0.3) is 0 Å². The van der Waals surface area contributed by atoms with E-state index in [4.69, 9.17) is 5.14 Å². The molecule has 6 heteroatoms. The second-order valence-corrected chi connectivity index (χ2v) is 7.44. The number of rotatable bonds is 5. The fraction of sp³-hybridized carbons (Fsp3) is 0.533. The van der Waals surface area contributed by atoms with Gasteiger partial charge in [0.25, 0.3) is 5.91 Å². The number of nitrogens with zero attached hydrogens (tertiary/aromatic N) is 1. The van der Waals surface area contributed by atoms with E-state index in [-0.39, 0.29) is 10.8 Å². The van der Waals surface area contributed by atoms with E-state index in [1.807, 2.05) is 6.92 Å². The van der Waals surface area contributed by atoms with Crippen LogP contribution in [-0.2, 0) is 16.4 Å². The minimum atomic E-state index is -3.80. The topological polar surface area (TPSA) is 80.5 Å². The standard InChI is InChI=1S/C15H22N2O3S/c1-4-11-5-6-13(21(16,19)20)8-14(11)15(18)17(3)9-12-7-10(12)2/h5-6,8,10,12H,4,7,9H2,1-3H3,(H2,16,19,20). The molecule has 2 unspecified atom stereocenters. The zero-order valence-corrected chi connectivity index (χ0v) is 13.5. The predicted octanol–water partition coefficient (Wildman–Crippen LogP) is 1.62. The summed E-state index contributed by atoms with van der Waals surface area (Å²) in [5.41, 5.74) is 1.27. The first-order chi connectivity index (χ1) is 9.74. The van der Waals surface area contributed by atoms with Crippen LogP contribution in [0.3, 0.4) is 0 Å². The normalized spacial score (nSPS) is 21.1. The summed E-state index contributed by atoms with van der Waals surface area (Å²) in [7, 11) is -2.04. The molecule has 1 aliphatic carbocycles. The zero-order chi connectivity index (χ0) is 15.8. The van der Waals surface area contributed by atoms with Crippen molar-refractivity contribution in [2.45, 2.75) is 31.6 Å². The lowest BCUT2D eigenvalue weighted by atomic mass is 10.0. The second kappa shape index (κ2) is 5.77. The van der Waals surface area contributed by atoms with Crippen LogP contribution in [0.4, 0.5) is 0 Å². The number of amides is 1. The number of aryl methyl sites for hydroxylation is 1. The van der Waals surface area contributed by atoms with Gasteiger partial charge in [-0.2, -0.15) is 0 Å². The number of benzene rings is 1. The lowest BCUT2D eigenvalue weighted by molar-refractivity contribution is 0.0785. The molecule has 116 valence electrons. The monoisotopic (exact) mass is 310 g/mol. The van der Waals surface area contributed by atoms with Crippen molar-refractivity contribution in [1.82, 2.24) is 4.90 Å². The molecule has 1 aliphatic rings. The second-order valence-electron chi connectivity index (χ2n) is 5.88. The Morgan fingerprint density at radius 3 is 2.52 bits per heavy atom. The van der Waals surface area contributed by atoms with Crippen LogP contribution < -0.4 is 5.14 Å². The molecule has 1 aromatic rings. The molecule has 2 atom stereocenters. The van der Waals surface area contributed by atoms with E-state index in [1.54, 1.807) is 18.0 Å². The van der Waals surface area contributed by atoms with Gasteiger partial charge in [0.1, 0.15) is 0 Å². The van der Waals surface area contributed by atoms with Crippen molar-refractivity contribution >= 4 is 15.9 Å². The average Bonchev–Trinajstić information content (AvgIpc) is 3.11. The van der Waals surface area contributed by atoms with Crippen molar-refractivity contribution in [2.75, 3.05) is 13.6 Å². The summed E-state index contributed by atoms with van der Waals surface area (Å²) in [4.78, 5) is 14.2. The van der Waals surface area contributed by atoms with E-state index in [0.717, 1.165) is 12.0 Å². The molecule has 1 fully saturated rings. The zero-order valence-electron chi connectivity index (χ0n) is 12.7. The van der Waals surface area contributed by atoms with Crippen LogP contribution >= 0.6 is 0 Å². The largest absolute Gasteiger partial charge is 0.341 e. The Morgan fingerprint density at radius 2 is 2.05 bits per heavy atom. The third kappa shape index (κ3) is 3.63. The quantitative estimate of drug-likeness (QED) is 0.897. The van der Waals surface area contributed by atoms with Crippen molar-refractivity contribution < 1.29 is 13.2 Å². The Labute approximate surface area is 126 Å². The Bertz CT molecular complexity index is 655. The third-order valence-electron chi connectivity index (χ3n) is 4.15. The third-order valence-corrected chi connectivity index (χ3v) is 5.06. The number of hydrogen-bond donors (Lipinski definition) is 1. The minimum Gasteiger partial charge on any atom is -0.341 e. The van der Waals surface area contributed by atoms with Gasteiger partial charge >= 0.3 is 0 Å². The van der Waals surface area contributed by atoms with Gasteiger partial charge in [0.05, 0.1) is 4.90 Å². The molecule has 5 nitrogen and oxygen atoms in total. The summed E-state index contributed by atoms with van der Waals surface area (Å²) in [6.45, 7) is 4.82. The molecule has 0 heterocycles. The van der Waals surface area contributed by atoms with Crippen molar-refractivity contribution in [3.63, 3.8) is 0 Å². The van der Waals surface area contributed by atoms with Crippen LogP contribution in [0.15, 0.2) is 23.1 Å². The fourth-order valence-corrected chi connectivity index (χ4v) is 3.07. The maximum absolute atomic E-state index is 12.6. The van der Waals surface area contributed by atoms with E-state index in [9.17, 15) is 13.2 Å². The number of primary sulfonamides is 1. The molecule has 0 saturated heterocycles. The van der Waals surface area contributed by atoms with Gasteiger partial charge in [-0.05, 0) is 42.4 Å². The van der Waals surface area contributed by atoms with Gasteiger partial charge < -0.3 is 4.90 Å². The molecular formula is C15H22N2O3S. The Morgan fingerprint density at radius 1 is 1.43 bits per heavy atom. The number of carbonyl (C=O) groups is 1. The number of nitrogens with two attached hydrogens (primary N) is 1. The van der Waals surface area contributed by atoms with Crippen molar-refractivity contribution in [2.24, 2.45) is 17.0 Å². The molecule has 21 heavy (non-hydrogen) atoms. The van der Waals surface area contributed by atoms with Crippen LogP contribution in [0.5, 0.6) is 0 Å². The molecule has 0 spiro atoms. The highest BCUT2D eigenvalue weighted by Crippen LogP contribution is 2.38. The minimum absolute atomic E-state index is 0.0174. The first-order valence-corrected chi connectivity index (χ1v) is 8.69. The van der Waals surface area contributed by atoms with Gasteiger partial charge in [-0.15, -0.1) is 0 Å². The van der Waals surface area contributed by atoms with E-state index < -0.39 is 10.0 Å². The summed E-state index contributed by atoms with van der Waals surface area (Å²) in [5, 5.41) is 5.15. The van der Waals surface area contributed by atoms with Gasteiger partial charge in [-0.3, -0.25) is 4.79 Å². The Hall–Kier alpha value is -1.40. The average molecular weight is 310 g/mol. The maximum atomic E-state index is 12.6. The Balaban J connectivity index is 2.29. The van der Waals surface area contributed by atoms with E-state index in [2.05, 4.69) is 6.92 Å². The molecule has 2 N–H and O–H groups in total. The summed E-state index contributed by atoms with van der Waals surface area (Å²) in [6, 6.07) is 4.51. The molecule has 2 rings (SSSR count). The highest BCUT2D eigenvalue weighted by molar-refractivity contribution is 7.89. The van der Waals surface area contributed by atoms with E-state index in [0.29, 0.717) is 30.4 Å². The molecule has 0 bridgehead atoms. The first-order valence-electron chi connectivity index (χ1n) is 7.15. The molecule has 1 saturated carbocycles. The molecular weight excluding hydrogens is 288 g/mol. The predicted molar refractivity (Wildman–Crippen MR) is 81.4 cm³/mol. The summed E-state index contributed by atoms with van der Waals surface area (Å²) >= 11 is 0.